The lowest BCUT2D eigenvalue weighted by Gasteiger charge is -2.46. The minimum Gasteiger partial charge on any atom is -0.444 e. The van der Waals surface area contributed by atoms with E-state index in [0.29, 0.717) is 12.5 Å². The molecule has 1 aliphatic rings. The highest BCUT2D eigenvalue weighted by Crippen LogP contribution is 2.47. The minimum atomic E-state index is -0.451. The van der Waals surface area contributed by atoms with Crippen LogP contribution in [0.5, 0.6) is 0 Å². The Balaban J connectivity index is 2.42. The van der Waals surface area contributed by atoms with E-state index in [4.69, 9.17) is 9.84 Å². The number of nitrogens with one attached hydrogen (secondary N) is 1. The Hall–Kier alpha value is -0.770. The molecule has 1 unspecified atom stereocenters. The van der Waals surface area contributed by atoms with Crippen molar-refractivity contribution in [2.75, 3.05) is 13.2 Å². The molecular formula is C14H27NO3. The zero-order chi connectivity index (χ0) is 13.8. The number of carbonyl (C=O) groups is 1. The van der Waals surface area contributed by atoms with Gasteiger partial charge in [0.25, 0.3) is 0 Å². The minimum absolute atomic E-state index is 0.166. The molecule has 1 atom stereocenters. The first kappa shape index (κ1) is 15.3. The average molecular weight is 257 g/mol. The van der Waals surface area contributed by atoms with E-state index in [9.17, 15) is 4.79 Å². The molecule has 0 aliphatic heterocycles. The third-order valence-electron chi connectivity index (χ3n) is 3.94. The molecule has 0 bridgehead atoms. The quantitative estimate of drug-likeness (QED) is 0.796. The average Bonchev–Trinajstić information content (AvgIpc) is 2.13. The molecule has 0 spiro atoms. The van der Waals surface area contributed by atoms with Crippen molar-refractivity contribution in [3.63, 3.8) is 0 Å². The van der Waals surface area contributed by atoms with Crippen molar-refractivity contribution in [2.24, 2.45) is 11.3 Å². The van der Waals surface area contributed by atoms with Crippen LogP contribution in [-0.4, -0.2) is 30.0 Å². The van der Waals surface area contributed by atoms with Crippen molar-refractivity contribution < 1.29 is 14.6 Å². The summed E-state index contributed by atoms with van der Waals surface area (Å²) in [5.74, 6) is 0.436. The zero-order valence-electron chi connectivity index (χ0n) is 12.1. The van der Waals surface area contributed by atoms with Crippen molar-refractivity contribution in [1.29, 1.82) is 0 Å². The number of carbonyl (C=O) groups excluding carboxylic acids is 1. The molecule has 4 heteroatoms. The molecule has 2 N–H and O–H groups in total. The Bertz CT molecular complexity index is 279. The maximum absolute atomic E-state index is 11.6. The second-order valence-corrected chi connectivity index (χ2v) is 6.48. The predicted molar refractivity (Wildman–Crippen MR) is 71.4 cm³/mol. The Morgan fingerprint density at radius 1 is 1.44 bits per heavy atom. The Morgan fingerprint density at radius 3 is 2.44 bits per heavy atom. The van der Waals surface area contributed by atoms with Crippen LogP contribution in [0.25, 0.3) is 0 Å². The van der Waals surface area contributed by atoms with Gasteiger partial charge in [-0.3, -0.25) is 0 Å². The van der Waals surface area contributed by atoms with Gasteiger partial charge in [-0.2, -0.15) is 0 Å². The Kier molecular flexibility index (Phi) is 5.02. The highest BCUT2D eigenvalue weighted by atomic mass is 16.6. The number of rotatable bonds is 5. The molecule has 1 fully saturated rings. The summed E-state index contributed by atoms with van der Waals surface area (Å²) in [5.41, 5.74) is -0.285. The normalized spacial score (nSPS) is 19.8. The maximum atomic E-state index is 11.6. The third-order valence-corrected chi connectivity index (χ3v) is 3.94. The van der Waals surface area contributed by atoms with Crippen molar-refractivity contribution in [1.82, 2.24) is 5.32 Å². The fourth-order valence-electron chi connectivity index (χ4n) is 2.54. The third kappa shape index (κ3) is 4.16. The van der Waals surface area contributed by atoms with Gasteiger partial charge >= 0.3 is 6.09 Å². The maximum Gasteiger partial charge on any atom is 0.407 e. The lowest BCUT2D eigenvalue weighted by molar-refractivity contribution is 0.0254. The number of alkyl carbamates (subject to hydrolysis) is 1. The fraction of sp³-hybridized carbons (Fsp3) is 0.929. The van der Waals surface area contributed by atoms with E-state index < -0.39 is 5.60 Å². The molecule has 1 rings (SSSR count). The van der Waals surface area contributed by atoms with E-state index in [1.807, 2.05) is 20.8 Å². The van der Waals surface area contributed by atoms with Gasteiger partial charge in [-0.05, 0) is 51.4 Å². The monoisotopic (exact) mass is 257 g/mol. The number of aliphatic hydroxyl groups excluding tert-OH is 1. The van der Waals surface area contributed by atoms with Crippen LogP contribution < -0.4 is 5.32 Å². The smallest absolute Gasteiger partial charge is 0.407 e. The first-order valence-electron chi connectivity index (χ1n) is 6.87. The molecule has 0 aromatic heterocycles. The van der Waals surface area contributed by atoms with Gasteiger partial charge in [-0.15, -0.1) is 0 Å². The molecule has 0 saturated heterocycles. The van der Waals surface area contributed by atoms with Crippen LogP contribution in [0.1, 0.15) is 53.4 Å². The van der Waals surface area contributed by atoms with Crippen LogP contribution in [0.2, 0.25) is 0 Å². The first-order valence-corrected chi connectivity index (χ1v) is 6.87. The van der Waals surface area contributed by atoms with Gasteiger partial charge in [0.2, 0.25) is 0 Å². The summed E-state index contributed by atoms with van der Waals surface area (Å²) in [7, 11) is 0. The van der Waals surface area contributed by atoms with Gasteiger partial charge in [0, 0.05) is 13.2 Å². The molecule has 1 aliphatic carbocycles. The van der Waals surface area contributed by atoms with Crippen molar-refractivity contribution in [2.45, 2.75) is 59.0 Å². The number of hydrogen-bond acceptors (Lipinski definition) is 3. The predicted octanol–water partition coefficient (Wildman–Crippen LogP) is 2.70. The standard InChI is InChI=1S/C14H27NO3/c1-11(6-9-16)14(7-5-8-14)10-15-12(17)18-13(2,3)4/h11,16H,5-10H2,1-4H3,(H,15,17). The van der Waals surface area contributed by atoms with Crippen molar-refractivity contribution in [3.05, 3.63) is 0 Å². The van der Waals surface area contributed by atoms with Crippen LogP contribution in [0.3, 0.4) is 0 Å². The van der Waals surface area contributed by atoms with Gasteiger partial charge in [0.05, 0.1) is 0 Å². The van der Waals surface area contributed by atoms with Gasteiger partial charge in [-0.25, -0.2) is 4.79 Å². The van der Waals surface area contributed by atoms with Crippen LogP contribution in [-0.2, 0) is 4.74 Å². The number of hydrogen-bond donors (Lipinski definition) is 2. The second-order valence-electron chi connectivity index (χ2n) is 6.48. The van der Waals surface area contributed by atoms with E-state index in [1.165, 1.54) is 6.42 Å². The van der Waals surface area contributed by atoms with Crippen molar-refractivity contribution in [3.8, 4) is 0 Å². The van der Waals surface area contributed by atoms with Gasteiger partial charge in [-0.1, -0.05) is 13.3 Å². The molecular weight excluding hydrogens is 230 g/mol. The summed E-state index contributed by atoms with van der Waals surface area (Å²) in [6.45, 7) is 8.62. The highest BCUT2D eigenvalue weighted by molar-refractivity contribution is 5.67. The van der Waals surface area contributed by atoms with Crippen LogP contribution in [0.15, 0.2) is 0 Å². The van der Waals surface area contributed by atoms with Crippen molar-refractivity contribution >= 4 is 6.09 Å². The molecule has 18 heavy (non-hydrogen) atoms. The Labute approximate surface area is 110 Å². The SMILES string of the molecule is CC(CCO)C1(CNC(=O)OC(C)(C)C)CCC1. The Morgan fingerprint density at radius 2 is 2.06 bits per heavy atom. The summed E-state index contributed by atoms with van der Waals surface area (Å²) in [5, 5.41) is 11.9. The summed E-state index contributed by atoms with van der Waals surface area (Å²) in [6, 6.07) is 0. The number of amides is 1. The summed E-state index contributed by atoms with van der Waals surface area (Å²) < 4.78 is 5.24. The van der Waals surface area contributed by atoms with Gasteiger partial charge in [0.1, 0.15) is 5.60 Å². The molecule has 0 aromatic rings. The summed E-state index contributed by atoms with van der Waals surface area (Å²) in [6.07, 6.45) is 3.93. The molecule has 4 nitrogen and oxygen atoms in total. The summed E-state index contributed by atoms with van der Waals surface area (Å²) >= 11 is 0. The lowest BCUT2D eigenvalue weighted by Crippen LogP contribution is -2.47. The largest absolute Gasteiger partial charge is 0.444 e. The van der Waals surface area contributed by atoms with E-state index >= 15 is 0 Å². The topological polar surface area (TPSA) is 58.6 Å². The van der Waals surface area contributed by atoms with E-state index in [-0.39, 0.29) is 18.1 Å². The summed E-state index contributed by atoms with van der Waals surface area (Å²) in [4.78, 5) is 11.6. The lowest BCUT2D eigenvalue weighted by atomic mass is 9.61. The van der Waals surface area contributed by atoms with Gasteiger partial charge < -0.3 is 15.2 Å². The van der Waals surface area contributed by atoms with Crippen LogP contribution in [0, 0.1) is 11.3 Å². The molecule has 1 amide bonds. The van der Waals surface area contributed by atoms with E-state index in [0.717, 1.165) is 19.3 Å². The second kappa shape index (κ2) is 5.91. The molecule has 0 heterocycles. The molecule has 1 saturated carbocycles. The van der Waals surface area contributed by atoms with E-state index in [1.54, 1.807) is 0 Å². The molecule has 0 radical (unpaired) electrons. The van der Waals surface area contributed by atoms with Gasteiger partial charge in [0.15, 0.2) is 0 Å². The molecule has 106 valence electrons. The number of ether oxygens (including phenoxy) is 1. The van der Waals surface area contributed by atoms with E-state index in [2.05, 4.69) is 12.2 Å². The van der Waals surface area contributed by atoms with Crippen LogP contribution >= 0.6 is 0 Å². The van der Waals surface area contributed by atoms with Crippen LogP contribution in [0.4, 0.5) is 4.79 Å². The highest BCUT2D eigenvalue weighted by Gasteiger charge is 2.41. The molecule has 0 aromatic carbocycles. The fourth-order valence-corrected chi connectivity index (χ4v) is 2.54. The zero-order valence-corrected chi connectivity index (χ0v) is 12.1. The first-order chi connectivity index (χ1) is 8.29. The number of aliphatic hydroxyl groups is 1.